The number of carbonyl (C=O) groups excluding carboxylic acids is 1. The standard InChI is InChI=1S/C27H17NO6/c29-20-12-21-23(26-24(20)25(31)18(13-33-26)14-6-2-1-3-7-14)16(11-22(30)34-21)17-10-15-8-4-5-9-19(15)28-27(17)32/h1-10,12-13,16,29H,11H2,(H,28,32)/t16-/m0/s1. The van der Waals surface area contributed by atoms with Gasteiger partial charge in [-0.3, -0.25) is 14.4 Å². The first kappa shape index (κ1) is 20.0. The predicted molar refractivity (Wildman–Crippen MR) is 126 cm³/mol. The number of nitrogens with one attached hydrogen (secondary N) is 1. The van der Waals surface area contributed by atoms with Crippen molar-refractivity contribution in [2.45, 2.75) is 12.3 Å². The maximum Gasteiger partial charge on any atom is 0.312 e. The number of hydrogen-bond donors (Lipinski definition) is 2. The third kappa shape index (κ3) is 3.02. The molecule has 0 unspecified atom stereocenters. The normalized spacial score (nSPS) is 15.3. The molecular weight excluding hydrogens is 434 g/mol. The van der Waals surface area contributed by atoms with Crippen LogP contribution < -0.4 is 15.7 Å². The summed E-state index contributed by atoms with van der Waals surface area (Å²) < 4.78 is 11.3. The molecule has 166 valence electrons. The van der Waals surface area contributed by atoms with E-state index in [1.165, 1.54) is 12.3 Å². The van der Waals surface area contributed by atoms with Gasteiger partial charge in [0.2, 0.25) is 5.43 Å². The second-order valence-electron chi connectivity index (χ2n) is 8.23. The minimum atomic E-state index is -0.724. The molecule has 0 bridgehead atoms. The van der Waals surface area contributed by atoms with E-state index in [0.29, 0.717) is 22.2 Å². The van der Waals surface area contributed by atoms with Crippen LogP contribution >= 0.6 is 0 Å². The summed E-state index contributed by atoms with van der Waals surface area (Å²) in [6, 6.07) is 19.3. The van der Waals surface area contributed by atoms with Gasteiger partial charge in [0.25, 0.3) is 5.56 Å². The molecule has 0 aliphatic carbocycles. The Hall–Kier alpha value is -4.65. The number of ether oxygens (including phenoxy) is 1. The van der Waals surface area contributed by atoms with Crippen molar-refractivity contribution in [1.82, 2.24) is 4.98 Å². The zero-order chi connectivity index (χ0) is 23.4. The zero-order valence-electron chi connectivity index (χ0n) is 17.7. The number of esters is 1. The van der Waals surface area contributed by atoms with Crippen LogP contribution in [0.15, 0.2) is 87.0 Å². The molecule has 1 atom stereocenters. The first-order valence-corrected chi connectivity index (χ1v) is 10.7. The van der Waals surface area contributed by atoms with Crippen molar-refractivity contribution in [3.05, 3.63) is 105 Å². The number of aromatic hydroxyl groups is 1. The largest absolute Gasteiger partial charge is 0.507 e. The molecule has 2 aromatic heterocycles. The third-order valence-electron chi connectivity index (χ3n) is 6.21. The molecule has 34 heavy (non-hydrogen) atoms. The number of phenolic OH excluding ortho intramolecular Hbond substituents is 1. The van der Waals surface area contributed by atoms with Crippen LogP contribution in [0, 0.1) is 0 Å². The average molecular weight is 451 g/mol. The lowest BCUT2D eigenvalue weighted by Gasteiger charge is -2.25. The molecule has 3 aromatic carbocycles. The quantitative estimate of drug-likeness (QED) is 0.303. The molecular formula is C27H17NO6. The Bertz CT molecular complexity index is 1730. The molecule has 6 rings (SSSR count). The predicted octanol–water partition coefficient (Wildman–Crippen LogP) is 4.45. The number of aromatic amines is 1. The van der Waals surface area contributed by atoms with E-state index in [0.717, 1.165) is 5.39 Å². The van der Waals surface area contributed by atoms with E-state index in [-0.39, 0.29) is 40.0 Å². The maximum absolute atomic E-state index is 13.4. The number of carbonyl (C=O) groups is 1. The minimum Gasteiger partial charge on any atom is -0.507 e. The molecule has 7 heteroatoms. The fourth-order valence-electron chi connectivity index (χ4n) is 4.64. The Labute approximate surface area is 191 Å². The number of rotatable bonds is 2. The number of para-hydroxylation sites is 1. The van der Waals surface area contributed by atoms with E-state index in [4.69, 9.17) is 9.15 Å². The summed E-state index contributed by atoms with van der Waals surface area (Å²) >= 11 is 0. The molecule has 0 saturated carbocycles. The summed E-state index contributed by atoms with van der Waals surface area (Å²) in [6.45, 7) is 0. The van der Waals surface area contributed by atoms with Crippen LogP contribution in [-0.4, -0.2) is 16.1 Å². The molecule has 0 spiro atoms. The van der Waals surface area contributed by atoms with Crippen molar-refractivity contribution >= 4 is 27.8 Å². The first-order chi connectivity index (χ1) is 16.5. The van der Waals surface area contributed by atoms with E-state index < -0.39 is 17.3 Å². The van der Waals surface area contributed by atoms with Crippen molar-refractivity contribution in [2.75, 3.05) is 0 Å². The summed E-state index contributed by atoms with van der Waals surface area (Å²) in [5.74, 6) is -1.57. The molecule has 7 nitrogen and oxygen atoms in total. The van der Waals surface area contributed by atoms with Gasteiger partial charge >= 0.3 is 5.97 Å². The third-order valence-corrected chi connectivity index (χ3v) is 6.21. The van der Waals surface area contributed by atoms with E-state index in [9.17, 15) is 19.5 Å². The Morgan fingerprint density at radius 1 is 0.941 bits per heavy atom. The van der Waals surface area contributed by atoms with E-state index in [2.05, 4.69) is 4.98 Å². The number of fused-ring (bicyclic) bond motifs is 4. The Morgan fingerprint density at radius 2 is 1.71 bits per heavy atom. The highest BCUT2D eigenvalue weighted by Crippen LogP contribution is 2.45. The first-order valence-electron chi connectivity index (χ1n) is 10.7. The molecule has 1 aliphatic rings. The van der Waals surface area contributed by atoms with Crippen LogP contribution in [-0.2, 0) is 4.79 Å². The van der Waals surface area contributed by atoms with Gasteiger partial charge < -0.3 is 19.2 Å². The lowest BCUT2D eigenvalue weighted by atomic mass is 9.85. The van der Waals surface area contributed by atoms with Crippen LogP contribution in [0.5, 0.6) is 11.5 Å². The lowest BCUT2D eigenvalue weighted by molar-refractivity contribution is -0.135. The zero-order valence-corrected chi connectivity index (χ0v) is 17.7. The molecule has 5 aromatic rings. The van der Waals surface area contributed by atoms with Gasteiger partial charge in [-0.2, -0.15) is 0 Å². The van der Waals surface area contributed by atoms with E-state index >= 15 is 0 Å². The highest BCUT2D eigenvalue weighted by atomic mass is 16.5. The van der Waals surface area contributed by atoms with Gasteiger partial charge in [0.05, 0.1) is 12.0 Å². The number of hydrogen-bond acceptors (Lipinski definition) is 6. The van der Waals surface area contributed by atoms with Gasteiger partial charge in [-0.25, -0.2) is 0 Å². The van der Waals surface area contributed by atoms with Crippen molar-refractivity contribution in [3.63, 3.8) is 0 Å². The highest BCUT2D eigenvalue weighted by molar-refractivity contribution is 5.94. The van der Waals surface area contributed by atoms with E-state index in [1.54, 1.807) is 36.4 Å². The summed E-state index contributed by atoms with van der Waals surface area (Å²) in [7, 11) is 0. The molecule has 0 radical (unpaired) electrons. The van der Waals surface area contributed by atoms with Crippen molar-refractivity contribution < 1.29 is 19.1 Å². The number of aromatic nitrogens is 1. The van der Waals surface area contributed by atoms with Crippen LogP contribution in [0.4, 0.5) is 0 Å². The fraction of sp³-hybridized carbons (Fsp3) is 0.0741. The Kier molecular flexibility index (Phi) is 4.38. The average Bonchev–Trinajstić information content (AvgIpc) is 2.83. The van der Waals surface area contributed by atoms with Gasteiger partial charge in [-0.15, -0.1) is 0 Å². The van der Waals surface area contributed by atoms with Crippen molar-refractivity contribution in [1.29, 1.82) is 0 Å². The molecule has 0 saturated heterocycles. The van der Waals surface area contributed by atoms with Crippen LogP contribution in [0.2, 0.25) is 0 Å². The summed E-state index contributed by atoms with van der Waals surface area (Å²) in [5.41, 5.74) is 1.64. The minimum absolute atomic E-state index is 0.0275. The van der Waals surface area contributed by atoms with E-state index in [1.807, 2.05) is 24.3 Å². The van der Waals surface area contributed by atoms with Crippen molar-refractivity contribution in [2.24, 2.45) is 0 Å². The molecule has 0 fully saturated rings. The number of phenols is 1. The maximum atomic E-state index is 13.4. The Morgan fingerprint density at radius 3 is 2.53 bits per heavy atom. The van der Waals surface area contributed by atoms with Crippen LogP contribution in [0.3, 0.4) is 0 Å². The second-order valence-corrected chi connectivity index (χ2v) is 8.23. The van der Waals surface area contributed by atoms with Gasteiger partial charge in [0, 0.05) is 28.6 Å². The second kappa shape index (κ2) is 7.45. The summed E-state index contributed by atoms with van der Waals surface area (Å²) in [6.07, 6.45) is 1.22. The van der Waals surface area contributed by atoms with Gasteiger partial charge in [-0.1, -0.05) is 48.5 Å². The number of pyridine rings is 1. The smallest absolute Gasteiger partial charge is 0.312 e. The number of H-pyrrole nitrogens is 1. The molecule has 2 N–H and O–H groups in total. The van der Waals surface area contributed by atoms with Gasteiger partial charge in [0.1, 0.15) is 28.7 Å². The summed E-state index contributed by atoms with van der Waals surface area (Å²) in [4.78, 5) is 41.7. The molecule has 1 aliphatic heterocycles. The molecule has 3 heterocycles. The van der Waals surface area contributed by atoms with Gasteiger partial charge in [0.15, 0.2) is 0 Å². The summed E-state index contributed by atoms with van der Waals surface area (Å²) in [5, 5.41) is 11.5. The van der Waals surface area contributed by atoms with Crippen LogP contribution in [0.1, 0.15) is 23.5 Å². The highest BCUT2D eigenvalue weighted by Gasteiger charge is 2.35. The molecule has 0 amide bonds. The SMILES string of the molecule is O=C1C[C@@H](c2cc3ccccc3[nH]c2=O)c2c(cc(O)c3c(=O)c(-c4ccccc4)coc23)O1. The lowest BCUT2D eigenvalue weighted by Crippen LogP contribution is -2.26. The fourth-order valence-corrected chi connectivity index (χ4v) is 4.64. The van der Waals surface area contributed by atoms with Crippen LogP contribution in [0.25, 0.3) is 33.0 Å². The monoisotopic (exact) mass is 451 g/mol. The van der Waals surface area contributed by atoms with Gasteiger partial charge in [-0.05, 0) is 23.1 Å². The van der Waals surface area contributed by atoms with Crippen molar-refractivity contribution in [3.8, 4) is 22.6 Å². The Balaban J connectivity index is 1.64. The number of benzene rings is 3. The topological polar surface area (TPSA) is 110 Å².